The molecule has 0 aliphatic carbocycles. The molecule has 0 aliphatic heterocycles. The zero-order valence-corrected chi connectivity index (χ0v) is 17.4. The van der Waals surface area contributed by atoms with Crippen LogP contribution >= 0.6 is 15.9 Å². The number of amides is 2. The first-order chi connectivity index (χ1) is 13.5. The van der Waals surface area contributed by atoms with Crippen LogP contribution in [0.5, 0.6) is 0 Å². The number of carbonyl (C=O) groups is 2. The van der Waals surface area contributed by atoms with E-state index in [4.69, 9.17) is 0 Å². The Morgan fingerprint density at radius 2 is 1.25 bits per heavy atom. The van der Waals surface area contributed by atoms with Gasteiger partial charge in [0.25, 0.3) is 11.8 Å². The highest BCUT2D eigenvalue weighted by atomic mass is 79.9. The van der Waals surface area contributed by atoms with Crippen LogP contribution in [0.2, 0.25) is 0 Å². The topological polar surface area (TPSA) is 50.3 Å². The number of rotatable bonds is 5. The molecule has 0 N–H and O–H groups in total. The highest BCUT2D eigenvalue weighted by molar-refractivity contribution is 9.10. The normalized spacial score (nSPS) is 10.5. The van der Waals surface area contributed by atoms with Gasteiger partial charge in [0, 0.05) is 21.8 Å². The van der Waals surface area contributed by atoms with Gasteiger partial charge in [0.15, 0.2) is 0 Å². The van der Waals surface area contributed by atoms with Crippen LogP contribution < -0.4 is 4.90 Å². The molecule has 3 aromatic rings. The minimum atomic E-state index is -0.401. The van der Waals surface area contributed by atoms with Gasteiger partial charge in [-0.1, -0.05) is 38.1 Å². The number of nitrogens with zero attached hydrogens (tertiary/aromatic N) is 2. The number of pyridine rings is 1. The minimum Gasteiger partial charge on any atom is -0.268 e. The highest BCUT2D eigenvalue weighted by Crippen LogP contribution is 2.21. The van der Waals surface area contributed by atoms with Crippen molar-refractivity contribution in [3.05, 3.63) is 93.6 Å². The van der Waals surface area contributed by atoms with Gasteiger partial charge in [-0.3, -0.25) is 9.59 Å². The largest absolute Gasteiger partial charge is 0.268 e. The second-order valence-corrected chi connectivity index (χ2v) is 7.30. The molecule has 1 aromatic heterocycles. The fraction of sp³-hybridized carbons (Fsp3) is 0.174. The summed E-state index contributed by atoms with van der Waals surface area (Å²) < 4.78 is 0.774. The van der Waals surface area contributed by atoms with E-state index >= 15 is 0 Å². The summed E-state index contributed by atoms with van der Waals surface area (Å²) in [7, 11) is 0. The lowest BCUT2D eigenvalue weighted by atomic mass is 10.1. The molecule has 0 saturated carbocycles. The van der Waals surface area contributed by atoms with Crippen molar-refractivity contribution < 1.29 is 9.59 Å². The molecule has 0 radical (unpaired) electrons. The molecule has 28 heavy (non-hydrogen) atoms. The van der Waals surface area contributed by atoms with E-state index in [0.29, 0.717) is 11.1 Å². The molecule has 0 bridgehead atoms. The molecule has 1 heterocycles. The smallest absolute Gasteiger partial charge is 0.266 e. The standard InChI is InChI=1S/C23H21BrN2O2/c1-3-16-5-9-18(10-6-16)22(27)26(21-14-13-20(24)15-25-21)23(28)19-11-7-17(4-2)8-12-19/h5-15H,3-4H2,1-2H3. The first kappa shape index (κ1) is 20.0. The second-order valence-electron chi connectivity index (χ2n) is 6.38. The monoisotopic (exact) mass is 436 g/mol. The van der Waals surface area contributed by atoms with Crippen molar-refractivity contribution in [3.8, 4) is 0 Å². The first-order valence-corrected chi connectivity index (χ1v) is 10.0. The molecule has 4 nitrogen and oxygen atoms in total. The van der Waals surface area contributed by atoms with Crippen LogP contribution in [-0.2, 0) is 12.8 Å². The number of imide groups is 1. The Morgan fingerprint density at radius 3 is 1.61 bits per heavy atom. The van der Waals surface area contributed by atoms with Gasteiger partial charge in [-0.05, 0) is 76.3 Å². The molecular weight excluding hydrogens is 416 g/mol. The molecule has 0 aliphatic rings. The predicted molar refractivity (Wildman–Crippen MR) is 115 cm³/mol. The molecule has 0 spiro atoms. The van der Waals surface area contributed by atoms with Crippen LogP contribution in [0.3, 0.4) is 0 Å². The molecule has 2 aromatic carbocycles. The summed E-state index contributed by atoms with van der Waals surface area (Å²) in [6, 6.07) is 18.0. The number of aromatic nitrogens is 1. The van der Waals surface area contributed by atoms with Gasteiger partial charge in [0.1, 0.15) is 5.82 Å². The van der Waals surface area contributed by atoms with E-state index in [-0.39, 0.29) is 5.82 Å². The predicted octanol–water partition coefficient (Wildman–Crippen LogP) is 5.46. The Morgan fingerprint density at radius 1 is 0.786 bits per heavy atom. The molecule has 2 amide bonds. The maximum Gasteiger partial charge on any atom is 0.266 e. The van der Waals surface area contributed by atoms with Gasteiger partial charge >= 0.3 is 0 Å². The lowest BCUT2D eigenvalue weighted by Gasteiger charge is -2.20. The van der Waals surface area contributed by atoms with Gasteiger partial charge in [0.05, 0.1) is 0 Å². The third-order valence-corrected chi connectivity index (χ3v) is 5.03. The van der Waals surface area contributed by atoms with E-state index in [1.165, 1.54) is 0 Å². The van der Waals surface area contributed by atoms with Gasteiger partial charge in [0.2, 0.25) is 0 Å². The fourth-order valence-corrected chi connectivity index (χ4v) is 3.06. The molecule has 0 unspecified atom stereocenters. The molecular formula is C23H21BrN2O2. The first-order valence-electron chi connectivity index (χ1n) is 9.21. The van der Waals surface area contributed by atoms with Gasteiger partial charge in [-0.25, -0.2) is 9.88 Å². The summed E-state index contributed by atoms with van der Waals surface area (Å²) in [6.45, 7) is 4.11. The molecule has 142 valence electrons. The SMILES string of the molecule is CCc1ccc(C(=O)N(C(=O)c2ccc(CC)cc2)c2ccc(Br)cn2)cc1. The molecule has 5 heteroatoms. The summed E-state index contributed by atoms with van der Waals surface area (Å²) in [5.41, 5.74) is 3.15. The van der Waals surface area contributed by atoms with Crippen LogP contribution in [0.25, 0.3) is 0 Å². The van der Waals surface area contributed by atoms with Crippen LogP contribution in [0.15, 0.2) is 71.3 Å². The van der Waals surface area contributed by atoms with Crippen LogP contribution in [0, 0.1) is 0 Å². The van der Waals surface area contributed by atoms with Crippen molar-refractivity contribution in [3.63, 3.8) is 0 Å². The average molecular weight is 437 g/mol. The van der Waals surface area contributed by atoms with Crippen molar-refractivity contribution in [2.75, 3.05) is 4.90 Å². The Kier molecular flexibility index (Phi) is 6.37. The summed E-state index contributed by atoms with van der Waals surface area (Å²) in [5, 5.41) is 0. The van der Waals surface area contributed by atoms with Crippen LogP contribution in [0.1, 0.15) is 45.7 Å². The van der Waals surface area contributed by atoms with Gasteiger partial charge in [-0.15, -0.1) is 0 Å². The van der Waals surface area contributed by atoms with Gasteiger partial charge < -0.3 is 0 Å². The maximum absolute atomic E-state index is 13.2. The van der Waals surface area contributed by atoms with E-state index in [0.717, 1.165) is 33.3 Å². The highest BCUT2D eigenvalue weighted by Gasteiger charge is 2.27. The number of anilines is 1. The Balaban J connectivity index is 2.01. The van der Waals surface area contributed by atoms with E-state index in [1.54, 1.807) is 42.6 Å². The molecule has 0 atom stereocenters. The zero-order valence-electron chi connectivity index (χ0n) is 15.9. The Bertz CT molecular complexity index is 905. The number of carbonyl (C=O) groups excluding carboxylic acids is 2. The third-order valence-electron chi connectivity index (χ3n) is 4.57. The number of aryl methyl sites for hydroxylation is 2. The van der Waals surface area contributed by atoms with E-state index < -0.39 is 11.8 Å². The maximum atomic E-state index is 13.2. The average Bonchev–Trinajstić information content (AvgIpc) is 2.75. The lowest BCUT2D eigenvalue weighted by molar-refractivity contribution is 0.0896. The van der Waals surface area contributed by atoms with Crippen molar-refractivity contribution in [2.45, 2.75) is 26.7 Å². The third kappa shape index (κ3) is 4.37. The van der Waals surface area contributed by atoms with Gasteiger partial charge in [-0.2, -0.15) is 0 Å². The molecule has 0 saturated heterocycles. The van der Waals surface area contributed by atoms with Crippen LogP contribution in [-0.4, -0.2) is 16.8 Å². The van der Waals surface area contributed by atoms with Crippen molar-refractivity contribution in [2.24, 2.45) is 0 Å². The Labute approximate surface area is 173 Å². The number of hydrogen-bond acceptors (Lipinski definition) is 3. The van der Waals surface area contributed by atoms with Crippen LogP contribution in [0.4, 0.5) is 5.82 Å². The second kappa shape index (κ2) is 8.93. The van der Waals surface area contributed by atoms with E-state index in [9.17, 15) is 9.59 Å². The number of halogens is 1. The quantitative estimate of drug-likeness (QED) is 0.499. The summed E-state index contributed by atoms with van der Waals surface area (Å²) in [5.74, 6) is -0.513. The minimum absolute atomic E-state index is 0.289. The number of hydrogen-bond donors (Lipinski definition) is 0. The zero-order chi connectivity index (χ0) is 20.1. The van der Waals surface area contributed by atoms with E-state index in [1.807, 2.05) is 24.3 Å². The molecule has 3 rings (SSSR count). The summed E-state index contributed by atoms with van der Waals surface area (Å²) in [6.07, 6.45) is 3.34. The fourth-order valence-electron chi connectivity index (χ4n) is 2.82. The van der Waals surface area contributed by atoms with Crippen molar-refractivity contribution in [1.29, 1.82) is 0 Å². The summed E-state index contributed by atoms with van der Waals surface area (Å²) in [4.78, 5) is 31.9. The van der Waals surface area contributed by atoms with E-state index in [2.05, 4.69) is 34.8 Å². The van der Waals surface area contributed by atoms with Crippen molar-refractivity contribution in [1.82, 2.24) is 4.98 Å². The lowest BCUT2D eigenvalue weighted by Crippen LogP contribution is -2.37. The molecule has 0 fully saturated rings. The number of benzene rings is 2. The van der Waals surface area contributed by atoms with Crippen molar-refractivity contribution >= 4 is 33.6 Å². The Hall–Kier alpha value is -2.79. The summed E-state index contributed by atoms with van der Waals surface area (Å²) >= 11 is 3.34.